The third-order valence-corrected chi connectivity index (χ3v) is 7.21. The second-order valence-electron chi connectivity index (χ2n) is 10.9. The van der Waals surface area contributed by atoms with Crippen LogP contribution in [0.3, 0.4) is 0 Å². The van der Waals surface area contributed by atoms with Crippen molar-refractivity contribution in [3.05, 3.63) is 115 Å². The largest absolute Gasteiger partial charge is 0.497 e. The van der Waals surface area contributed by atoms with E-state index in [9.17, 15) is 9.59 Å². The van der Waals surface area contributed by atoms with Crippen molar-refractivity contribution >= 4 is 22.6 Å². The fraction of sp³-hybridized carbons (Fsp3) is 0.400. The number of methoxy groups -OCH3 is 1. The van der Waals surface area contributed by atoms with Crippen LogP contribution in [0.5, 0.6) is 5.75 Å². The molecular formula is C40H54N2O4. The minimum atomic E-state index is -0.271. The van der Waals surface area contributed by atoms with Crippen LogP contribution < -0.4 is 15.4 Å². The molecule has 0 spiro atoms. The van der Waals surface area contributed by atoms with Crippen molar-refractivity contribution in [2.24, 2.45) is 0 Å². The van der Waals surface area contributed by atoms with Crippen molar-refractivity contribution in [1.29, 1.82) is 0 Å². The summed E-state index contributed by atoms with van der Waals surface area (Å²) >= 11 is 0. The number of allylic oxidation sites excluding steroid dienone is 12. The first-order valence-electron chi connectivity index (χ1n) is 16.6. The molecule has 0 aliphatic rings. The Bertz CT molecular complexity index is 1340. The number of ether oxygens (including phenoxy) is 2. The van der Waals surface area contributed by atoms with Crippen molar-refractivity contribution in [1.82, 2.24) is 10.6 Å². The smallest absolute Gasteiger partial charge is 0.227 e. The van der Waals surface area contributed by atoms with E-state index in [0.717, 1.165) is 60.6 Å². The SMILES string of the molecule is CCC=CC/C=C\C/C=C\C/C=C\C/C=C\C/C=C\CCC(=O)NCCOCCNC(=O)[C@@H](C)c1ccc2cc(OC)ccc2c1. The Labute approximate surface area is 277 Å². The summed E-state index contributed by atoms with van der Waals surface area (Å²) in [5.74, 6) is 0.511. The van der Waals surface area contributed by atoms with E-state index < -0.39 is 0 Å². The summed E-state index contributed by atoms with van der Waals surface area (Å²) in [7, 11) is 1.65. The van der Waals surface area contributed by atoms with E-state index in [2.05, 4.69) is 84.4 Å². The van der Waals surface area contributed by atoms with E-state index >= 15 is 0 Å². The molecule has 6 nitrogen and oxygen atoms in total. The molecule has 2 N–H and O–H groups in total. The number of rotatable bonds is 23. The quantitative estimate of drug-likeness (QED) is 0.0956. The third-order valence-electron chi connectivity index (χ3n) is 7.21. The van der Waals surface area contributed by atoms with Gasteiger partial charge in [0.1, 0.15) is 5.75 Å². The van der Waals surface area contributed by atoms with E-state index in [1.807, 2.05) is 49.4 Å². The van der Waals surface area contributed by atoms with Gasteiger partial charge in [-0.15, -0.1) is 0 Å². The lowest BCUT2D eigenvalue weighted by molar-refractivity contribution is -0.122. The van der Waals surface area contributed by atoms with E-state index in [1.165, 1.54) is 0 Å². The molecule has 2 aromatic rings. The highest BCUT2D eigenvalue weighted by atomic mass is 16.5. The van der Waals surface area contributed by atoms with Gasteiger partial charge in [0.05, 0.1) is 26.2 Å². The number of benzene rings is 2. The lowest BCUT2D eigenvalue weighted by Gasteiger charge is -2.14. The summed E-state index contributed by atoms with van der Waals surface area (Å²) in [5, 5.41) is 7.95. The predicted molar refractivity (Wildman–Crippen MR) is 193 cm³/mol. The van der Waals surface area contributed by atoms with Crippen LogP contribution in [0.25, 0.3) is 10.8 Å². The Balaban J connectivity index is 1.43. The third kappa shape index (κ3) is 17.4. The van der Waals surface area contributed by atoms with E-state index in [1.54, 1.807) is 7.11 Å². The van der Waals surface area contributed by atoms with Crippen LogP contribution in [0, 0.1) is 0 Å². The Hall–Kier alpha value is -4.16. The molecular weight excluding hydrogens is 572 g/mol. The first kappa shape index (κ1) is 38.0. The number of hydrogen-bond acceptors (Lipinski definition) is 4. The van der Waals surface area contributed by atoms with Gasteiger partial charge in [-0.3, -0.25) is 9.59 Å². The second kappa shape index (κ2) is 25.1. The Morgan fingerprint density at radius 2 is 1.22 bits per heavy atom. The van der Waals surface area contributed by atoms with Gasteiger partial charge in [-0.2, -0.15) is 0 Å². The highest BCUT2D eigenvalue weighted by Crippen LogP contribution is 2.25. The highest BCUT2D eigenvalue weighted by Gasteiger charge is 2.15. The van der Waals surface area contributed by atoms with Crippen molar-refractivity contribution in [3.8, 4) is 5.75 Å². The molecule has 2 aromatic carbocycles. The standard InChI is InChI=1S/C40H54N2O4/c1-4-5-6-7-8-9-10-11-12-13-14-15-16-17-18-19-20-21-22-23-39(43)41-28-30-46-31-29-42-40(44)34(2)35-24-25-37-33-38(45-3)27-26-36(37)32-35/h5-6,8-9,11-12,14-15,17-18,20-21,24-27,32-34H,4,7,10,13,16,19,22-23,28-31H2,1-3H3,(H,41,43)(H,42,44)/b6-5?,9-8-,12-11-,15-14-,18-17-,21-20-/t34-/m0/s1. The van der Waals surface area contributed by atoms with Crippen LogP contribution in [0.15, 0.2) is 109 Å². The zero-order valence-corrected chi connectivity index (χ0v) is 28.1. The first-order valence-corrected chi connectivity index (χ1v) is 16.6. The average Bonchev–Trinajstić information content (AvgIpc) is 3.07. The Kier molecular flexibility index (Phi) is 20.7. The lowest BCUT2D eigenvalue weighted by Crippen LogP contribution is -2.32. The first-order chi connectivity index (χ1) is 22.5. The molecule has 0 heterocycles. The summed E-state index contributed by atoms with van der Waals surface area (Å²) in [6.07, 6.45) is 33.1. The summed E-state index contributed by atoms with van der Waals surface area (Å²) in [6, 6.07) is 11.9. The van der Waals surface area contributed by atoms with Crippen molar-refractivity contribution in [3.63, 3.8) is 0 Å². The van der Waals surface area contributed by atoms with Crippen LogP contribution in [0.1, 0.15) is 76.7 Å². The second-order valence-corrected chi connectivity index (χ2v) is 10.9. The van der Waals surface area contributed by atoms with Gasteiger partial charge >= 0.3 is 0 Å². The van der Waals surface area contributed by atoms with Gasteiger partial charge < -0.3 is 20.1 Å². The van der Waals surface area contributed by atoms with Gasteiger partial charge in [0.25, 0.3) is 0 Å². The van der Waals surface area contributed by atoms with Gasteiger partial charge in [-0.25, -0.2) is 0 Å². The van der Waals surface area contributed by atoms with Crippen LogP contribution >= 0.6 is 0 Å². The van der Waals surface area contributed by atoms with E-state index in [4.69, 9.17) is 9.47 Å². The molecule has 0 unspecified atom stereocenters. The maximum absolute atomic E-state index is 12.6. The molecule has 1 atom stereocenters. The summed E-state index contributed by atoms with van der Waals surface area (Å²) < 4.78 is 10.9. The van der Waals surface area contributed by atoms with Crippen molar-refractivity contribution < 1.29 is 19.1 Å². The van der Waals surface area contributed by atoms with Gasteiger partial charge in [0.15, 0.2) is 0 Å². The molecule has 0 bridgehead atoms. The number of amides is 2. The summed E-state index contributed by atoms with van der Waals surface area (Å²) in [4.78, 5) is 24.6. The number of nitrogens with one attached hydrogen (secondary N) is 2. The molecule has 0 aromatic heterocycles. The topological polar surface area (TPSA) is 76.7 Å². The zero-order chi connectivity index (χ0) is 33.1. The number of carbonyl (C=O) groups excluding carboxylic acids is 2. The van der Waals surface area contributed by atoms with Crippen molar-refractivity contribution in [2.75, 3.05) is 33.4 Å². The molecule has 0 fully saturated rings. The minimum Gasteiger partial charge on any atom is -0.497 e. The molecule has 0 saturated heterocycles. The van der Waals surface area contributed by atoms with Gasteiger partial charge in [0, 0.05) is 19.5 Å². The van der Waals surface area contributed by atoms with Crippen LogP contribution in [0.2, 0.25) is 0 Å². The molecule has 2 rings (SSSR count). The fourth-order valence-electron chi connectivity index (χ4n) is 4.50. The van der Waals surface area contributed by atoms with Gasteiger partial charge in [-0.05, 0) is 80.3 Å². The molecule has 0 aliphatic heterocycles. The number of hydrogen-bond donors (Lipinski definition) is 2. The molecule has 248 valence electrons. The highest BCUT2D eigenvalue weighted by molar-refractivity contribution is 5.88. The zero-order valence-electron chi connectivity index (χ0n) is 28.1. The Morgan fingerprint density at radius 3 is 1.80 bits per heavy atom. The van der Waals surface area contributed by atoms with Crippen LogP contribution in [-0.2, 0) is 14.3 Å². The van der Waals surface area contributed by atoms with Crippen LogP contribution in [-0.4, -0.2) is 45.2 Å². The molecule has 2 amide bonds. The molecule has 0 radical (unpaired) electrons. The maximum Gasteiger partial charge on any atom is 0.227 e. The van der Waals surface area contributed by atoms with Crippen molar-refractivity contribution in [2.45, 2.75) is 71.1 Å². The maximum atomic E-state index is 12.6. The average molecular weight is 627 g/mol. The van der Waals surface area contributed by atoms with E-state index in [-0.39, 0.29) is 17.7 Å². The Morgan fingerprint density at radius 1 is 0.696 bits per heavy atom. The fourth-order valence-corrected chi connectivity index (χ4v) is 4.50. The number of fused-ring (bicyclic) bond motifs is 1. The van der Waals surface area contributed by atoms with E-state index in [0.29, 0.717) is 39.1 Å². The summed E-state index contributed by atoms with van der Waals surface area (Å²) in [6.45, 7) is 5.72. The molecule has 46 heavy (non-hydrogen) atoms. The molecule has 0 saturated carbocycles. The molecule has 0 aliphatic carbocycles. The normalized spacial score (nSPS) is 12.9. The molecule has 6 heteroatoms. The van der Waals surface area contributed by atoms with Crippen LogP contribution in [0.4, 0.5) is 0 Å². The van der Waals surface area contributed by atoms with Gasteiger partial charge in [-0.1, -0.05) is 104 Å². The number of carbonyl (C=O) groups is 2. The lowest BCUT2D eigenvalue weighted by atomic mass is 9.97. The summed E-state index contributed by atoms with van der Waals surface area (Å²) in [5.41, 5.74) is 0.961. The minimum absolute atomic E-state index is 0.0130. The van der Waals surface area contributed by atoms with Gasteiger partial charge in [0.2, 0.25) is 11.8 Å². The monoisotopic (exact) mass is 626 g/mol. The predicted octanol–water partition coefficient (Wildman–Crippen LogP) is 8.68.